The molecular weight excluding hydrogens is 266 g/mol. The summed E-state index contributed by atoms with van der Waals surface area (Å²) in [6.45, 7) is 6.59. The van der Waals surface area contributed by atoms with Crippen LogP contribution in [0, 0.1) is 11.8 Å². The first-order valence-electron chi connectivity index (χ1n) is 8.43. The Balaban J connectivity index is 1.50. The van der Waals surface area contributed by atoms with E-state index in [0.29, 0.717) is 24.7 Å². The summed E-state index contributed by atoms with van der Waals surface area (Å²) in [6, 6.07) is 0.279. The van der Waals surface area contributed by atoms with Crippen LogP contribution in [0.4, 0.5) is 0 Å². The highest BCUT2D eigenvalue weighted by Crippen LogP contribution is 2.26. The van der Waals surface area contributed by atoms with Crippen molar-refractivity contribution in [2.45, 2.75) is 45.1 Å². The van der Waals surface area contributed by atoms with Gasteiger partial charge < -0.3 is 15.1 Å². The molecule has 3 fully saturated rings. The number of rotatable bonds is 3. The number of fused-ring (bicyclic) bond motifs is 1. The molecular formula is C16H27N3O2. The predicted octanol–water partition coefficient (Wildman–Crippen LogP) is 0.845. The van der Waals surface area contributed by atoms with Gasteiger partial charge in [-0.05, 0) is 44.2 Å². The van der Waals surface area contributed by atoms with E-state index in [-0.39, 0.29) is 17.9 Å². The van der Waals surface area contributed by atoms with Crippen LogP contribution in [0.25, 0.3) is 0 Å². The van der Waals surface area contributed by atoms with Gasteiger partial charge in [0.25, 0.3) is 0 Å². The van der Waals surface area contributed by atoms with Crippen molar-refractivity contribution < 1.29 is 9.59 Å². The molecule has 0 aromatic rings. The van der Waals surface area contributed by atoms with Crippen molar-refractivity contribution >= 4 is 11.8 Å². The number of carbonyl (C=O) groups is 2. The van der Waals surface area contributed by atoms with Crippen LogP contribution in [-0.2, 0) is 9.59 Å². The molecule has 3 atom stereocenters. The average molecular weight is 293 g/mol. The zero-order valence-corrected chi connectivity index (χ0v) is 13.0. The number of piperidine rings is 1. The Bertz CT molecular complexity index is 406. The molecule has 0 saturated carbocycles. The fourth-order valence-electron chi connectivity index (χ4n) is 4.03. The van der Waals surface area contributed by atoms with Crippen LogP contribution in [0.15, 0.2) is 0 Å². The molecule has 0 radical (unpaired) electrons. The monoisotopic (exact) mass is 293 g/mol. The maximum absolute atomic E-state index is 12.5. The molecule has 0 aromatic carbocycles. The molecule has 21 heavy (non-hydrogen) atoms. The summed E-state index contributed by atoms with van der Waals surface area (Å²) in [7, 11) is 0. The van der Waals surface area contributed by atoms with E-state index in [1.54, 1.807) is 0 Å². The second-order valence-corrected chi connectivity index (χ2v) is 6.91. The standard InChI is InChI=1S/C16H27N3O2/c1-12(13-3-2-6-17-10-13)9-16(21)18-7-8-19-14(11-18)4-5-15(19)20/h12-14,17H,2-11H2,1H3. The van der Waals surface area contributed by atoms with E-state index >= 15 is 0 Å². The molecule has 0 spiro atoms. The third-order valence-electron chi connectivity index (χ3n) is 5.48. The summed E-state index contributed by atoms with van der Waals surface area (Å²) < 4.78 is 0. The Morgan fingerprint density at radius 1 is 1.38 bits per heavy atom. The molecule has 2 amide bonds. The smallest absolute Gasteiger partial charge is 0.223 e. The van der Waals surface area contributed by atoms with Gasteiger partial charge in [0.1, 0.15) is 0 Å². The topological polar surface area (TPSA) is 52.7 Å². The summed E-state index contributed by atoms with van der Waals surface area (Å²) in [5, 5.41) is 3.43. The maximum atomic E-state index is 12.5. The third-order valence-corrected chi connectivity index (χ3v) is 5.48. The van der Waals surface area contributed by atoms with Gasteiger partial charge in [0.05, 0.1) is 0 Å². The molecule has 3 aliphatic heterocycles. The molecule has 0 bridgehead atoms. The van der Waals surface area contributed by atoms with Crippen LogP contribution in [-0.4, -0.2) is 60.4 Å². The van der Waals surface area contributed by atoms with Crippen LogP contribution < -0.4 is 5.32 Å². The van der Waals surface area contributed by atoms with Crippen molar-refractivity contribution in [2.24, 2.45) is 11.8 Å². The molecule has 118 valence electrons. The largest absolute Gasteiger partial charge is 0.339 e. The number of hydrogen-bond acceptors (Lipinski definition) is 3. The van der Waals surface area contributed by atoms with E-state index < -0.39 is 0 Å². The zero-order chi connectivity index (χ0) is 14.8. The number of carbonyl (C=O) groups excluding carboxylic acids is 2. The molecule has 3 unspecified atom stereocenters. The number of piperazine rings is 1. The first kappa shape index (κ1) is 14.8. The molecule has 0 aromatic heterocycles. The SMILES string of the molecule is CC(CC(=O)N1CCN2C(=O)CCC2C1)C1CCCNC1. The maximum Gasteiger partial charge on any atom is 0.223 e. The number of amides is 2. The molecule has 3 rings (SSSR count). The second kappa shape index (κ2) is 6.34. The summed E-state index contributed by atoms with van der Waals surface area (Å²) >= 11 is 0. The van der Waals surface area contributed by atoms with Gasteiger partial charge in [-0.1, -0.05) is 6.92 Å². The minimum Gasteiger partial charge on any atom is -0.339 e. The lowest BCUT2D eigenvalue weighted by molar-refractivity contribution is -0.139. The Morgan fingerprint density at radius 2 is 2.24 bits per heavy atom. The van der Waals surface area contributed by atoms with Gasteiger partial charge in [-0.3, -0.25) is 9.59 Å². The average Bonchev–Trinajstić information content (AvgIpc) is 2.89. The summed E-state index contributed by atoms with van der Waals surface area (Å²) in [5.74, 6) is 1.64. The van der Waals surface area contributed by atoms with E-state index in [9.17, 15) is 9.59 Å². The van der Waals surface area contributed by atoms with Crippen LogP contribution in [0.2, 0.25) is 0 Å². The van der Waals surface area contributed by atoms with E-state index in [2.05, 4.69) is 12.2 Å². The van der Waals surface area contributed by atoms with Gasteiger partial charge in [-0.2, -0.15) is 0 Å². The van der Waals surface area contributed by atoms with Crippen LogP contribution in [0.5, 0.6) is 0 Å². The van der Waals surface area contributed by atoms with Crippen LogP contribution in [0.3, 0.4) is 0 Å². The number of hydrogen-bond donors (Lipinski definition) is 1. The van der Waals surface area contributed by atoms with Gasteiger partial charge in [0.2, 0.25) is 11.8 Å². The van der Waals surface area contributed by atoms with Crippen LogP contribution in [0.1, 0.15) is 39.0 Å². The number of nitrogens with one attached hydrogen (secondary N) is 1. The van der Waals surface area contributed by atoms with Crippen molar-refractivity contribution in [2.75, 3.05) is 32.7 Å². The highest BCUT2D eigenvalue weighted by atomic mass is 16.2. The molecule has 3 heterocycles. The predicted molar refractivity (Wildman–Crippen MR) is 80.7 cm³/mol. The van der Waals surface area contributed by atoms with E-state index in [4.69, 9.17) is 0 Å². The van der Waals surface area contributed by atoms with Gasteiger partial charge in [-0.15, -0.1) is 0 Å². The quantitative estimate of drug-likeness (QED) is 0.839. The molecule has 3 aliphatic rings. The first-order valence-corrected chi connectivity index (χ1v) is 8.43. The normalized spacial score (nSPS) is 31.2. The highest BCUT2D eigenvalue weighted by Gasteiger charge is 2.37. The lowest BCUT2D eigenvalue weighted by Crippen LogP contribution is -2.53. The second-order valence-electron chi connectivity index (χ2n) is 6.91. The van der Waals surface area contributed by atoms with Crippen molar-refractivity contribution in [3.05, 3.63) is 0 Å². The lowest BCUT2D eigenvalue weighted by Gasteiger charge is -2.38. The summed E-state index contributed by atoms with van der Waals surface area (Å²) in [6.07, 6.45) is 4.72. The molecule has 3 saturated heterocycles. The minimum absolute atomic E-state index is 0.272. The van der Waals surface area contributed by atoms with Crippen molar-refractivity contribution in [1.29, 1.82) is 0 Å². The van der Waals surface area contributed by atoms with Crippen LogP contribution >= 0.6 is 0 Å². The van der Waals surface area contributed by atoms with Gasteiger partial charge in [-0.25, -0.2) is 0 Å². The molecule has 1 N–H and O–H groups in total. The van der Waals surface area contributed by atoms with E-state index in [1.165, 1.54) is 12.8 Å². The highest BCUT2D eigenvalue weighted by molar-refractivity contribution is 5.80. The Kier molecular flexibility index (Phi) is 4.48. The summed E-state index contributed by atoms with van der Waals surface area (Å²) in [4.78, 5) is 28.2. The lowest BCUT2D eigenvalue weighted by atomic mass is 9.85. The van der Waals surface area contributed by atoms with Gasteiger partial charge >= 0.3 is 0 Å². The van der Waals surface area contributed by atoms with Gasteiger partial charge in [0.15, 0.2) is 0 Å². The fraction of sp³-hybridized carbons (Fsp3) is 0.875. The fourth-order valence-corrected chi connectivity index (χ4v) is 4.03. The Morgan fingerprint density at radius 3 is 3.00 bits per heavy atom. The van der Waals surface area contributed by atoms with Crippen molar-refractivity contribution in [1.82, 2.24) is 15.1 Å². The Labute approximate surface area is 127 Å². The zero-order valence-electron chi connectivity index (χ0n) is 13.0. The summed E-state index contributed by atoms with van der Waals surface area (Å²) in [5.41, 5.74) is 0. The van der Waals surface area contributed by atoms with Crippen molar-refractivity contribution in [3.63, 3.8) is 0 Å². The number of nitrogens with zero attached hydrogens (tertiary/aromatic N) is 2. The van der Waals surface area contributed by atoms with Crippen molar-refractivity contribution in [3.8, 4) is 0 Å². The van der Waals surface area contributed by atoms with E-state index in [0.717, 1.165) is 39.1 Å². The molecule has 5 heteroatoms. The van der Waals surface area contributed by atoms with E-state index in [1.807, 2.05) is 9.80 Å². The minimum atomic E-state index is 0.272. The molecule has 0 aliphatic carbocycles. The van der Waals surface area contributed by atoms with Gasteiger partial charge in [0, 0.05) is 38.5 Å². The Hall–Kier alpha value is -1.10. The third kappa shape index (κ3) is 3.23. The first-order chi connectivity index (χ1) is 10.1. The molecule has 5 nitrogen and oxygen atoms in total.